The second kappa shape index (κ2) is 21.7. The van der Waals surface area contributed by atoms with Crippen molar-refractivity contribution in [3.63, 3.8) is 0 Å². The molecule has 9 aromatic heterocycles. The summed E-state index contributed by atoms with van der Waals surface area (Å²) in [4.78, 5) is 21.2. The van der Waals surface area contributed by atoms with Crippen LogP contribution >= 0.6 is 11.6 Å². The molecule has 19 nitrogen and oxygen atoms in total. The Kier molecular flexibility index (Phi) is 14.6. The van der Waals surface area contributed by atoms with E-state index in [-0.39, 0.29) is 26.0 Å². The highest BCUT2D eigenvalue weighted by atomic mass is 35.5. The Morgan fingerprint density at radius 3 is 1.28 bits per heavy atom. The van der Waals surface area contributed by atoms with Crippen LogP contribution in [0.4, 0.5) is 17.6 Å². The molecule has 0 radical (unpaired) electrons. The molecular formula is C51H38ClF4N13O6S3. The second-order valence-corrected chi connectivity index (χ2v) is 23.2. The number of aromatic nitrogens is 12. The Labute approximate surface area is 444 Å². The lowest BCUT2D eigenvalue weighted by Gasteiger charge is -2.07. The molecule has 0 amide bonds. The largest absolute Gasteiger partial charge is 0.359 e. The van der Waals surface area contributed by atoms with Gasteiger partial charge in [0.25, 0.3) is 0 Å². The third-order valence-corrected chi connectivity index (χ3v) is 16.9. The number of fused-ring (bicyclic) bond motifs is 3. The molecule has 27 heteroatoms. The number of hydrogen-bond donors (Lipinski definition) is 7. The van der Waals surface area contributed by atoms with E-state index in [1.54, 1.807) is 73.2 Å². The van der Waals surface area contributed by atoms with Gasteiger partial charge in [-0.15, -0.1) is 0 Å². The van der Waals surface area contributed by atoms with Crippen LogP contribution in [0.2, 0.25) is 5.02 Å². The molecule has 0 aliphatic heterocycles. The standard InChI is InChI=1S/C17H13ClN4O2S.C17H13F2N5O2S.C17H12F2N4O2S/c18-12-5-3-11(4-6-12)10-25(23,24)13-8-15(20-9-13)16-14-2-1-7-19-17(14)22-21-16;18-13-4-1-5-14(19)12(13)9-22-27(25,26)10-7-15(21-8-10)16-11-3-2-6-20-17(11)24-23-16;18-13-4-1-5-14(19)12(13)9-26(24,25)10-7-15(21-8-10)16-11-3-2-6-20-17(11)23-22-16/h1-9,20H,10H2,(H,19,21,22);1-8,21-22H,9H2,(H,20,23,24);1-8,21H,9H2,(H,20,22,23). The lowest BCUT2D eigenvalue weighted by molar-refractivity contribution is 0.544. The zero-order chi connectivity index (χ0) is 54.8. The maximum absolute atomic E-state index is 13.8. The van der Waals surface area contributed by atoms with E-state index in [0.29, 0.717) is 61.7 Å². The maximum Gasteiger partial charge on any atom is 0.242 e. The number of sulfone groups is 2. The topological polar surface area (TPSA) is 287 Å². The normalized spacial score (nSPS) is 11.9. The number of aromatic amines is 6. The Balaban J connectivity index is 0.000000132. The molecule has 12 rings (SSSR count). The molecule has 0 aliphatic rings. The van der Waals surface area contributed by atoms with Gasteiger partial charge in [0.05, 0.1) is 55.5 Å². The molecule has 78 heavy (non-hydrogen) atoms. The zero-order valence-corrected chi connectivity index (χ0v) is 43.0. The highest BCUT2D eigenvalue weighted by molar-refractivity contribution is 7.91. The van der Waals surface area contributed by atoms with Gasteiger partial charge in [0.15, 0.2) is 36.6 Å². The number of H-pyrrole nitrogens is 6. The zero-order valence-electron chi connectivity index (χ0n) is 39.8. The van der Waals surface area contributed by atoms with Crippen molar-refractivity contribution in [3.8, 4) is 34.2 Å². The number of hydrogen-bond acceptors (Lipinski definition) is 12. The van der Waals surface area contributed by atoms with E-state index in [9.17, 15) is 42.8 Å². The number of halogens is 5. The molecule has 0 aliphatic carbocycles. The Morgan fingerprint density at radius 1 is 0.462 bits per heavy atom. The van der Waals surface area contributed by atoms with E-state index >= 15 is 0 Å². The summed E-state index contributed by atoms with van der Waals surface area (Å²) in [5.41, 5.74) is 4.91. The highest BCUT2D eigenvalue weighted by Crippen LogP contribution is 2.31. The molecule has 0 atom stereocenters. The van der Waals surface area contributed by atoms with Crippen LogP contribution in [-0.4, -0.2) is 85.7 Å². The van der Waals surface area contributed by atoms with Gasteiger partial charge in [-0.2, -0.15) is 15.3 Å². The summed E-state index contributed by atoms with van der Waals surface area (Å²) < 4.78 is 132. The third-order valence-electron chi connectivity index (χ3n) is 12.0. The van der Waals surface area contributed by atoms with Crippen LogP contribution in [-0.2, 0) is 47.7 Å². The number of sulfonamides is 1. The Bertz CT molecular complexity index is 4460. The lowest BCUT2D eigenvalue weighted by Crippen LogP contribution is -2.24. The third kappa shape index (κ3) is 11.2. The van der Waals surface area contributed by atoms with Crippen molar-refractivity contribution < 1.29 is 42.8 Å². The van der Waals surface area contributed by atoms with Crippen molar-refractivity contribution in [2.45, 2.75) is 32.7 Å². The number of rotatable bonds is 13. The minimum atomic E-state index is -3.98. The van der Waals surface area contributed by atoms with Crippen LogP contribution in [0, 0.1) is 23.3 Å². The first kappa shape index (κ1) is 52.6. The Hall–Kier alpha value is -8.82. The van der Waals surface area contributed by atoms with Crippen LogP contribution < -0.4 is 4.72 Å². The molecule has 12 aromatic rings. The minimum Gasteiger partial charge on any atom is -0.359 e. The fourth-order valence-electron chi connectivity index (χ4n) is 8.02. The predicted molar refractivity (Wildman–Crippen MR) is 281 cm³/mol. The highest BCUT2D eigenvalue weighted by Gasteiger charge is 2.24. The minimum absolute atomic E-state index is 0.0678. The fraction of sp³-hybridized carbons (Fsp3) is 0.0588. The summed E-state index contributed by atoms with van der Waals surface area (Å²) in [5.74, 6) is -4.28. The first-order valence-corrected chi connectivity index (χ1v) is 28.1. The molecule has 0 unspecified atom stereocenters. The SMILES string of the molecule is O=S(=O)(Cc1c(F)cccc1F)c1c[nH]c(-c2[nH]nc3ncccc23)c1.O=S(=O)(Cc1ccc(Cl)cc1)c1c[nH]c(-c2[nH]nc3ncccc23)c1.O=S(=O)(NCc1c(F)cccc1F)c1c[nH]c(-c2[nH]nc3ncccc23)c1. The number of nitrogens with zero attached hydrogens (tertiary/aromatic N) is 6. The molecule has 0 saturated carbocycles. The van der Waals surface area contributed by atoms with Gasteiger partial charge in [0.2, 0.25) is 10.0 Å². The van der Waals surface area contributed by atoms with Crippen molar-refractivity contribution >= 4 is 74.4 Å². The first-order valence-electron chi connectivity index (χ1n) is 22.9. The van der Waals surface area contributed by atoms with Crippen molar-refractivity contribution in [3.05, 3.63) is 197 Å². The van der Waals surface area contributed by atoms with Crippen LogP contribution in [0.1, 0.15) is 16.7 Å². The summed E-state index contributed by atoms with van der Waals surface area (Å²) >= 11 is 5.84. The molecule has 0 spiro atoms. The quantitative estimate of drug-likeness (QED) is 0.0531. The van der Waals surface area contributed by atoms with Crippen LogP contribution in [0.25, 0.3) is 67.3 Å². The van der Waals surface area contributed by atoms with Gasteiger partial charge >= 0.3 is 0 Å². The molecule has 0 saturated heterocycles. The van der Waals surface area contributed by atoms with Gasteiger partial charge in [-0.05, 0) is 96.6 Å². The van der Waals surface area contributed by atoms with Gasteiger partial charge in [0, 0.05) is 76.0 Å². The monoisotopic (exact) mass is 1140 g/mol. The molecular weight excluding hydrogens is 1100 g/mol. The van der Waals surface area contributed by atoms with Gasteiger partial charge in [-0.1, -0.05) is 35.9 Å². The second-order valence-electron chi connectivity index (χ2n) is 17.0. The van der Waals surface area contributed by atoms with Crippen LogP contribution in [0.5, 0.6) is 0 Å². The van der Waals surface area contributed by atoms with Gasteiger partial charge in [-0.25, -0.2) is 62.5 Å². The molecule has 0 bridgehead atoms. The predicted octanol–water partition coefficient (Wildman–Crippen LogP) is 9.50. The first-order chi connectivity index (χ1) is 37.4. The van der Waals surface area contributed by atoms with Crippen molar-refractivity contribution in [1.29, 1.82) is 0 Å². The van der Waals surface area contributed by atoms with Gasteiger partial charge < -0.3 is 15.0 Å². The fourth-order valence-corrected chi connectivity index (χ4v) is 11.8. The summed E-state index contributed by atoms with van der Waals surface area (Å²) in [6.07, 6.45) is 8.92. The Morgan fingerprint density at radius 2 is 0.846 bits per heavy atom. The number of pyridine rings is 3. The van der Waals surface area contributed by atoms with E-state index in [1.807, 2.05) is 12.1 Å². The molecule has 3 aromatic carbocycles. The average molecular weight is 1140 g/mol. The maximum atomic E-state index is 13.8. The lowest BCUT2D eigenvalue weighted by atomic mass is 10.2. The van der Waals surface area contributed by atoms with Crippen LogP contribution in [0.15, 0.2) is 167 Å². The van der Waals surface area contributed by atoms with E-state index in [4.69, 9.17) is 11.6 Å². The van der Waals surface area contributed by atoms with Crippen molar-refractivity contribution in [1.82, 2.24) is 65.2 Å². The molecule has 9 heterocycles. The number of nitrogens with one attached hydrogen (secondary N) is 7. The summed E-state index contributed by atoms with van der Waals surface area (Å²) in [6.45, 7) is -0.502. The average Bonchev–Trinajstić information content (AvgIpc) is 4.37. The van der Waals surface area contributed by atoms with Crippen molar-refractivity contribution in [2.24, 2.45) is 0 Å². The van der Waals surface area contributed by atoms with Gasteiger partial charge in [0.1, 0.15) is 28.2 Å². The van der Waals surface area contributed by atoms with Crippen LogP contribution in [0.3, 0.4) is 0 Å². The summed E-state index contributed by atoms with van der Waals surface area (Å²) in [5, 5.41) is 23.6. The van der Waals surface area contributed by atoms with E-state index in [2.05, 4.69) is 65.2 Å². The van der Waals surface area contributed by atoms with E-state index < -0.39 is 70.8 Å². The van der Waals surface area contributed by atoms with E-state index in [0.717, 1.165) is 40.4 Å². The molecule has 0 fully saturated rings. The molecule has 396 valence electrons. The van der Waals surface area contributed by atoms with Crippen molar-refractivity contribution in [2.75, 3.05) is 0 Å². The molecule has 7 N–H and O–H groups in total. The van der Waals surface area contributed by atoms with E-state index in [1.165, 1.54) is 42.9 Å². The number of benzene rings is 3. The summed E-state index contributed by atoms with van der Waals surface area (Å²) in [6, 6.07) is 28.5. The van der Waals surface area contributed by atoms with Gasteiger partial charge in [-0.3, -0.25) is 15.3 Å². The summed E-state index contributed by atoms with van der Waals surface area (Å²) in [7, 11) is -11.4. The smallest absolute Gasteiger partial charge is 0.242 e.